The Hall–Kier alpha value is -3.16. The molecule has 0 spiro atoms. The molecule has 0 atom stereocenters. The van der Waals surface area contributed by atoms with Gasteiger partial charge in [-0.3, -0.25) is 4.79 Å². The van der Waals surface area contributed by atoms with Gasteiger partial charge in [0.05, 0.1) is 17.7 Å². The Balaban J connectivity index is 1.66. The number of amides is 1. The highest BCUT2D eigenvalue weighted by atomic mass is 32.2. The van der Waals surface area contributed by atoms with Crippen LogP contribution in [0.4, 0.5) is 5.69 Å². The minimum atomic E-state index is -3.73. The summed E-state index contributed by atoms with van der Waals surface area (Å²) in [5.74, 6) is 0.161. The molecular weight excluding hydrogens is 376 g/mol. The first-order chi connectivity index (χ1) is 13.4. The van der Waals surface area contributed by atoms with E-state index in [1.165, 1.54) is 24.5 Å². The van der Waals surface area contributed by atoms with Crippen LogP contribution in [0.15, 0.2) is 82.3 Å². The molecule has 7 heteroatoms. The summed E-state index contributed by atoms with van der Waals surface area (Å²) in [7, 11) is -3.73. The molecule has 28 heavy (non-hydrogen) atoms. The lowest BCUT2D eigenvalue weighted by atomic mass is 10.1. The van der Waals surface area contributed by atoms with Gasteiger partial charge < -0.3 is 9.73 Å². The topological polar surface area (TPSA) is 88.4 Å². The molecule has 0 unspecified atom stereocenters. The van der Waals surface area contributed by atoms with Gasteiger partial charge in [-0.2, -0.15) is 0 Å². The van der Waals surface area contributed by atoms with Crippen LogP contribution in [-0.4, -0.2) is 14.3 Å². The maximum Gasteiger partial charge on any atom is 0.248 e. The lowest BCUT2D eigenvalue weighted by molar-refractivity contribution is -0.111. The van der Waals surface area contributed by atoms with Gasteiger partial charge in [-0.1, -0.05) is 35.9 Å². The maximum absolute atomic E-state index is 12.4. The molecule has 6 nitrogen and oxygen atoms in total. The van der Waals surface area contributed by atoms with Crippen molar-refractivity contribution < 1.29 is 17.6 Å². The Kier molecular flexibility index (Phi) is 6.08. The van der Waals surface area contributed by atoms with Crippen molar-refractivity contribution in [3.8, 4) is 0 Å². The van der Waals surface area contributed by atoms with Crippen molar-refractivity contribution in [3.05, 3.63) is 89.9 Å². The van der Waals surface area contributed by atoms with Gasteiger partial charge in [-0.25, -0.2) is 13.1 Å². The van der Waals surface area contributed by atoms with E-state index in [-0.39, 0.29) is 17.3 Å². The first kappa shape index (κ1) is 19.6. The van der Waals surface area contributed by atoms with Crippen molar-refractivity contribution in [2.45, 2.75) is 18.4 Å². The van der Waals surface area contributed by atoms with E-state index in [2.05, 4.69) is 10.0 Å². The van der Waals surface area contributed by atoms with Crippen LogP contribution < -0.4 is 10.0 Å². The molecule has 0 aliphatic rings. The van der Waals surface area contributed by atoms with E-state index in [1.54, 1.807) is 30.3 Å². The average molecular weight is 396 g/mol. The molecule has 0 saturated carbocycles. The fourth-order valence-electron chi connectivity index (χ4n) is 2.53. The predicted molar refractivity (Wildman–Crippen MR) is 108 cm³/mol. The van der Waals surface area contributed by atoms with E-state index >= 15 is 0 Å². The molecule has 0 saturated heterocycles. The number of carbonyl (C=O) groups excluding carboxylic acids is 1. The van der Waals surface area contributed by atoms with E-state index in [4.69, 9.17) is 4.42 Å². The van der Waals surface area contributed by atoms with Crippen molar-refractivity contribution >= 4 is 27.7 Å². The molecule has 1 amide bonds. The Morgan fingerprint density at radius 3 is 2.64 bits per heavy atom. The minimum absolute atomic E-state index is 0.0468. The highest BCUT2D eigenvalue weighted by Crippen LogP contribution is 2.16. The van der Waals surface area contributed by atoms with Crippen LogP contribution in [0.1, 0.15) is 16.9 Å². The largest absolute Gasteiger partial charge is 0.468 e. The Morgan fingerprint density at radius 2 is 1.89 bits per heavy atom. The first-order valence-corrected chi connectivity index (χ1v) is 10.1. The normalized spacial score (nSPS) is 11.6. The minimum Gasteiger partial charge on any atom is -0.468 e. The molecule has 0 radical (unpaired) electrons. The summed E-state index contributed by atoms with van der Waals surface area (Å²) in [6, 6.07) is 17.2. The molecule has 0 bridgehead atoms. The summed E-state index contributed by atoms with van der Waals surface area (Å²) in [5, 5.41) is 2.67. The summed E-state index contributed by atoms with van der Waals surface area (Å²) in [4.78, 5) is 12.2. The summed E-state index contributed by atoms with van der Waals surface area (Å²) in [6.07, 6.45) is 4.59. The van der Waals surface area contributed by atoms with E-state index < -0.39 is 10.0 Å². The molecule has 3 rings (SSSR count). The van der Waals surface area contributed by atoms with Gasteiger partial charge in [0, 0.05) is 11.8 Å². The van der Waals surface area contributed by atoms with Crippen LogP contribution in [-0.2, 0) is 21.4 Å². The highest BCUT2D eigenvalue weighted by molar-refractivity contribution is 7.89. The van der Waals surface area contributed by atoms with E-state index in [0.717, 1.165) is 11.1 Å². The third-order valence-electron chi connectivity index (χ3n) is 3.90. The molecule has 2 aromatic carbocycles. The number of sulfonamides is 1. The van der Waals surface area contributed by atoms with Crippen LogP contribution >= 0.6 is 0 Å². The van der Waals surface area contributed by atoms with Gasteiger partial charge in [0.25, 0.3) is 0 Å². The second-order valence-corrected chi connectivity index (χ2v) is 7.94. The summed E-state index contributed by atoms with van der Waals surface area (Å²) >= 11 is 0. The molecule has 0 aliphatic heterocycles. The summed E-state index contributed by atoms with van der Waals surface area (Å²) < 4.78 is 32.4. The van der Waals surface area contributed by atoms with Crippen molar-refractivity contribution in [2.75, 3.05) is 5.32 Å². The van der Waals surface area contributed by atoms with Crippen LogP contribution in [0.25, 0.3) is 6.08 Å². The predicted octanol–water partition coefficient (Wildman–Crippen LogP) is 3.72. The van der Waals surface area contributed by atoms with Gasteiger partial charge in [-0.15, -0.1) is 0 Å². The summed E-state index contributed by atoms with van der Waals surface area (Å²) in [6.45, 7) is 2.02. The number of hydrogen-bond acceptors (Lipinski definition) is 4. The molecule has 3 aromatic rings. The standard InChI is InChI=1S/C21H20N2O4S/c1-16-5-2-6-17(13-16)10-11-21(24)23-18-7-3-9-20(14-18)28(25,26)22-15-19-8-4-12-27-19/h2-14,22H,15H2,1H3,(H,23,24)/b11-10+. The zero-order chi connectivity index (χ0) is 20.0. The monoisotopic (exact) mass is 396 g/mol. The van der Waals surface area contributed by atoms with Gasteiger partial charge in [0.1, 0.15) is 5.76 Å². The zero-order valence-electron chi connectivity index (χ0n) is 15.3. The molecule has 1 heterocycles. The van der Waals surface area contributed by atoms with Crippen LogP contribution in [0.2, 0.25) is 0 Å². The second kappa shape index (κ2) is 8.69. The van der Waals surface area contributed by atoms with Crippen molar-refractivity contribution in [1.82, 2.24) is 4.72 Å². The van der Waals surface area contributed by atoms with E-state index in [1.807, 2.05) is 31.2 Å². The lowest BCUT2D eigenvalue weighted by Crippen LogP contribution is -2.23. The third kappa shape index (κ3) is 5.42. The van der Waals surface area contributed by atoms with E-state index in [9.17, 15) is 13.2 Å². The number of furan rings is 1. The third-order valence-corrected chi connectivity index (χ3v) is 5.30. The smallest absolute Gasteiger partial charge is 0.248 e. The molecule has 0 aliphatic carbocycles. The maximum atomic E-state index is 12.4. The molecule has 1 aromatic heterocycles. The fourth-order valence-corrected chi connectivity index (χ4v) is 3.57. The molecular formula is C21H20N2O4S. The number of aryl methyl sites for hydroxylation is 1. The van der Waals surface area contributed by atoms with Crippen molar-refractivity contribution in [2.24, 2.45) is 0 Å². The summed E-state index contributed by atoms with van der Waals surface area (Å²) in [5.41, 5.74) is 2.40. The van der Waals surface area contributed by atoms with Crippen molar-refractivity contribution in [3.63, 3.8) is 0 Å². The Labute approximate surface area is 163 Å². The van der Waals surface area contributed by atoms with Gasteiger partial charge >= 0.3 is 0 Å². The molecule has 144 valence electrons. The second-order valence-electron chi connectivity index (χ2n) is 6.17. The average Bonchev–Trinajstić information content (AvgIpc) is 3.19. The molecule has 2 N–H and O–H groups in total. The van der Waals surface area contributed by atoms with Crippen LogP contribution in [0.3, 0.4) is 0 Å². The number of anilines is 1. The molecule has 0 fully saturated rings. The van der Waals surface area contributed by atoms with Crippen LogP contribution in [0.5, 0.6) is 0 Å². The highest BCUT2D eigenvalue weighted by Gasteiger charge is 2.15. The zero-order valence-corrected chi connectivity index (χ0v) is 16.1. The lowest BCUT2D eigenvalue weighted by Gasteiger charge is -2.08. The van der Waals surface area contributed by atoms with E-state index in [0.29, 0.717) is 11.4 Å². The Bertz CT molecular complexity index is 1090. The quantitative estimate of drug-likeness (QED) is 0.596. The van der Waals surface area contributed by atoms with Crippen molar-refractivity contribution in [1.29, 1.82) is 0 Å². The number of nitrogens with one attached hydrogen (secondary N) is 2. The van der Waals surface area contributed by atoms with Gasteiger partial charge in [0.2, 0.25) is 15.9 Å². The van der Waals surface area contributed by atoms with Gasteiger partial charge in [-0.05, 0) is 48.9 Å². The first-order valence-electron chi connectivity index (χ1n) is 8.60. The fraction of sp³-hybridized carbons (Fsp3) is 0.0952. The number of hydrogen-bond donors (Lipinski definition) is 2. The number of rotatable bonds is 7. The van der Waals surface area contributed by atoms with Crippen LogP contribution in [0, 0.1) is 6.92 Å². The number of benzene rings is 2. The number of carbonyl (C=O) groups is 1. The Morgan fingerprint density at radius 1 is 1.07 bits per heavy atom. The SMILES string of the molecule is Cc1cccc(/C=C/C(=O)Nc2cccc(S(=O)(=O)NCc3ccco3)c2)c1. The van der Waals surface area contributed by atoms with Gasteiger partial charge in [0.15, 0.2) is 0 Å².